The van der Waals surface area contributed by atoms with Crippen molar-refractivity contribution in [1.29, 1.82) is 0 Å². The third-order valence-electron chi connectivity index (χ3n) is 16.3. The molecular formula is C73H76ClF3N12O7S3Si. The first-order valence-corrected chi connectivity index (χ1v) is 37.1. The number of ketones is 2. The molecule has 520 valence electrons. The smallest absolute Gasteiger partial charge is 0.416 e. The first-order valence-electron chi connectivity index (χ1n) is 32.1. The van der Waals surface area contributed by atoms with Gasteiger partial charge in [0, 0.05) is 65.4 Å². The van der Waals surface area contributed by atoms with Crippen LogP contribution in [0.1, 0.15) is 147 Å². The van der Waals surface area contributed by atoms with E-state index < -0.39 is 37.7 Å². The lowest BCUT2D eigenvalue weighted by atomic mass is 10.1. The van der Waals surface area contributed by atoms with Crippen molar-refractivity contribution in [3.05, 3.63) is 229 Å². The minimum Gasteiger partial charge on any atom is -0.443 e. The van der Waals surface area contributed by atoms with E-state index in [1.54, 1.807) is 127 Å². The van der Waals surface area contributed by atoms with E-state index >= 15 is 0 Å². The van der Waals surface area contributed by atoms with Gasteiger partial charge in [-0.1, -0.05) is 124 Å². The summed E-state index contributed by atoms with van der Waals surface area (Å²) in [5.74, 6) is -1.32. The maximum atomic E-state index is 13.6. The number of amides is 2. The van der Waals surface area contributed by atoms with Gasteiger partial charge in [-0.15, -0.1) is 0 Å². The van der Waals surface area contributed by atoms with Crippen molar-refractivity contribution in [3.63, 3.8) is 0 Å². The molecule has 0 saturated carbocycles. The predicted octanol–water partition coefficient (Wildman–Crippen LogP) is 18.7. The number of halogens is 4. The van der Waals surface area contributed by atoms with Crippen molar-refractivity contribution in [2.75, 3.05) is 15.1 Å². The number of carbonyl (C=O) groups is 4. The number of H-pyrrole nitrogens is 2. The number of pyridine rings is 3. The lowest BCUT2D eigenvalue weighted by Crippen LogP contribution is -2.51. The number of nitrogens with zero attached hydrogens (tertiary/aromatic N) is 9. The highest BCUT2D eigenvalue weighted by molar-refractivity contribution is 7.18. The molecule has 0 fully saturated rings. The van der Waals surface area contributed by atoms with Crippen LogP contribution in [0, 0.1) is 17.5 Å². The fourth-order valence-electron chi connectivity index (χ4n) is 12.0. The highest BCUT2D eigenvalue weighted by Crippen LogP contribution is 2.47. The van der Waals surface area contributed by atoms with Gasteiger partial charge in [0.1, 0.15) is 56.9 Å². The number of aromatic nitrogens is 9. The summed E-state index contributed by atoms with van der Waals surface area (Å²) < 4.78 is 53.4. The molecule has 0 saturated heterocycles. The van der Waals surface area contributed by atoms with Gasteiger partial charge in [0.25, 0.3) is 0 Å². The Labute approximate surface area is 594 Å². The largest absolute Gasteiger partial charge is 0.443 e. The molecule has 12 aromatic rings. The van der Waals surface area contributed by atoms with Gasteiger partial charge in [-0.25, -0.2) is 62.5 Å². The topological polar surface area (TPSA) is 239 Å². The van der Waals surface area contributed by atoms with Gasteiger partial charge in [0.2, 0.25) is 11.6 Å². The Morgan fingerprint density at radius 2 is 1.03 bits per heavy atom. The molecule has 0 bridgehead atoms. The molecule has 0 radical (unpaired) electrons. The molecule has 0 aliphatic carbocycles. The number of ether oxygens (including phenoxy) is 2. The minimum absolute atomic E-state index is 0.0864. The summed E-state index contributed by atoms with van der Waals surface area (Å²) in [4.78, 5) is 88.4. The molecule has 0 aliphatic rings. The van der Waals surface area contributed by atoms with Gasteiger partial charge in [-0.2, -0.15) is 0 Å². The number of carbonyl (C=O) groups excluding carboxylic acids is 4. The van der Waals surface area contributed by atoms with Crippen LogP contribution in [0.3, 0.4) is 0 Å². The Morgan fingerprint density at radius 1 is 0.590 bits per heavy atom. The molecular weight excluding hydrogens is 1370 g/mol. The molecule has 0 spiro atoms. The van der Waals surface area contributed by atoms with E-state index in [-0.39, 0.29) is 52.4 Å². The number of rotatable bonds is 19. The fourth-order valence-corrected chi connectivity index (χ4v) is 21.6. The second kappa shape index (κ2) is 31.0. The van der Waals surface area contributed by atoms with E-state index in [1.807, 2.05) is 24.3 Å². The Morgan fingerprint density at radius 3 is 1.51 bits per heavy atom. The Balaban J connectivity index is 0.000000168. The van der Waals surface area contributed by atoms with Gasteiger partial charge in [0.05, 0.1) is 51.2 Å². The number of aliphatic hydroxyl groups excluding tert-OH is 1. The molecule has 9 heterocycles. The Hall–Kier alpha value is -9.44. The summed E-state index contributed by atoms with van der Waals surface area (Å²) in [5, 5.41) is 18.7. The molecule has 27 heteroatoms. The standard InChI is InChI=1S/C32H42ClFN4O3SSi.C23H21FN4O3S.C18H13FN4OS/c1-19(2)43(20(3)4,21(5)6)38-18-25(24-11-10-16-35-29(24)38)26(39)27-28(33)36-30(42-27)37(31(40)41-32(7,8)9)17-22-12-14-23(34)15-13-22;1-23(2,3)31-22(30)28(13-14-6-8-15(24)9-7-14)21-27-12-18(32-21)19(29)17-11-26-20-16(17)5-4-10-25-20;19-12-5-3-11(4-6-12)8-22-18-23-10-15(25-18)16(24)14-9-21-17-13(14)2-1-7-20-17/h10-16,18-21,26,39H,17H2,1-9H3;4-12H,13H2,1-3H3,(H,25,26);1-7,9-10H,8H2,(H,20,21)(H,22,23). The van der Waals surface area contributed by atoms with Crippen LogP contribution in [0.15, 0.2) is 159 Å². The molecule has 9 aromatic heterocycles. The molecule has 12 rings (SSSR count). The quantitative estimate of drug-likeness (QED) is 0.0435. The summed E-state index contributed by atoms with van der Waals surface area (Å²) in [6.45, 7) is 25.1. The molecule has 3 aromatic carbocycles. The molecule has 19 nitrogen and oxygen atoms in total. The molecule has 100 heavy (non-hydrogen) atoms. The third-order valence-corrected chi connectivity index (χ3v) is 26.5. The highest BCUT2D eigenvalue weighted by atomic mass is 35.5. The first kappa shape index (κ1) is 73.3. The van der Waals surface area contributed by atoms with Crippen LogP contribution >= 0.6 is 45.6 Å². The number of anilines is 3. The van der Waals surface area contributed by atoms with E-state index in [0.717, 1.165) is 44.7 Å². The fraction of sp³-hybridized carbons (Fsp3) is 0.288. The number of fused-ring (bicyclic) bond motifs is 3. The summed E-state index contributed by atoms with van der Waals surface area (Å²) >= 11 is 10.2. The number of nitrogens with one attached hydrogen (secondary N) is 3. The molecule has 0 aliphatic heterocycles. The van der Waals surface area contributed by atoms with Gasteiger partial charge in [0.15, 0.2) is 23.6 Å². The lowest BCUT2D eigenvalue weighted by molar-refractivity contribution is 0.0566. The molecule has 1 unspecified atom stereocenters. The van der Waals surface area contributed by atoms with Crippen LogP contribution in [0.5, 0.6) is 0 Å². The number of hydrogen-bond acceptors (Lipinski definition) is 17. The van der Waals surface area contributed by atoms with E-state index in [1.165, 1.54) is 63.7 Å². The third kappa shape index (κ3) is 16.9. The number of aromatic amines is 2. The number of thiazole rings is 3. The van der Waals surface area contributed by atoms with Gasteiger partial charge in [-0.05, 0) is 148 Å². The summed E-state index contributed by atoms with van der Waals surface area (Å²) in [6.07, 6.45) is 11.1. The lowest BCUT2D eigenvalue weighted by Gasteiger charge is -2.44. The SMILES string of the molecule is CC(C)(C)OC(=O)N(Cc1ccc(F)cc1)c1ncc(C(=O)c2c[nH]c3ncccc23)s1.CC(C)[Si](C(C)C)(C(C)C)n1cc(C(O)c2sc(N(Cc3ccc(F)cc3)C(=O)OC(C)(C)C)nc2Cl)c2cccnc21.O=C(c1cnc(NCc2ccc(F)cc2)s1)c1c[nH]c2ncccc12. The zero-order chi connectivity index (χ0) is 72.0. The maximum Gasteiger partial charge on any atom is 0.416 e. The van der Waals surface area contributed by atoms with Gasteiger partial charge in [-0.3, -0.25) is 9.59 Å². The van der Waals surface area contributed by atoms with Crippen molar-refractivity contribution in [2.24, 2.45) is 0 Å². The van der Waals surface area contributed by atoms with E-state index in [4.69, 9.17) is 26.1 Å². The van der Waals surface area contributed by atoms with Crippen LogP contribution in [-0.2, 0) is 29.1 Å². The summed E-state index contributed by atoms with van der Waals surface area (Å²) in [7, 11) is -2.20. The zero-order valence-electron chi connectivity index (χ0n) is 57.1. The highest BCUT2D eigenvalue weighted by Gasteiger charge is 2.47. The van der Waals surface area contributed by atoms with Crippen molar-refractivity contribution < 1.29 is 46.9 Å². The minimum atomic E-state index is -2.20. The van der Waals surface area contributed by atoms with E-state index in [9.17, 15) is 37.5 Å². The van der Waals surface area contributed by atoms with E-state index in [0.29, 0.717) is 92.6 Å². The van der Waals surface area contributed by atoms with Crippen molar-refractivity contribution in [1.82, 2.24) is 44.1 Å². The van der Waals surface area contributed by atoms with Gasteiger partial charge < -0.3 is 34.1 Å². The average Bonchev–Trinajstić information content (AvgIpc) is 1.56. The number of aliphatic hydroxyl groups is 1. The van der Waals surface area contributed by atoms with Gasteiger partial charge >= 0.3 is 12.2 Å². The average molecular weight is 1450 g/mol. The maximum absolute atomic E-state index is 13.6. The van der Waals surface area contributed by atoms with Crippen LogP contribution < -0.4 is 15.1 Å². The Kier molecular flexibility index (Phi) is 22.7. The second-order valence-corrected chi connectivity index (χ2v) is 35.6. The molecule has 2 amide bonds. The van der Waals surface area contributed by atoms with Crippen molar-refractivity contribution in [2.45, 2.75) is 137 Å². The monoisotopic (exact) mass is 1450 g/mol. The van der Waals surface area contributed by atoms with Crippen molar-refractivity contribution in [3.8, 4) is 0 Å². The predicted molar refractivity (Wildman–Crippen MR) is 392 cm³/mol. The van der Waals surface area contributed by atoms with Crippen LogP contribution in [-0.4, -0.2) is 92.4 Å². The van der Waals surface area contributed by atoms with Crippen molar-refractivity contribution >= 4 is 126 Å². The van der Waals surface area contributed by atoms with Crippen LogP contribution in [0.2, 0.25) is 21.8 Å². The zero-order valence-corrected chi connectivity index (χ0v) is 61.3. The number of benzene rings is 3. The Bertz CT molecular complexity index is 4830. The summed E-state index contributed by atoms with van der Waals surface area (Å²) in [6, 6.07) is 29.1. The number of hydrogen-bond donors (Lipinski definition) is 4. The van der Waals surface area contributed by atoms with Crippen LogP contribution in [0.4, 0.5) is 38.2 Å². The first-order chi connectivity index (χ1) is 47.5. The normalized spacial score (nSPS) is 12.2. The summed E-state index contributed by atoms with van der Waals surface area (Å²) in [5.41, 5.74) is 6.02. The molecule has 1 atom stereocenters. The second-order valence-electron chi connectivity index (χ2n) is 26.5. The molecule has 4 N–H and O–H groups in total. The van der Waals surface area contributed by atoms with E-state index in [2.05, 4.69) is 92.2 Å². The van der Waals surface area contributed by atoms with Crippen LogP contribution in [0.25, 0.3) is 33.1 Å².